The lowest BCUT2D eigenvalue weighted by molar-refractivity contribution is -0.377. The molecule has 10 nitrogen and oxygen atoms in total. The number of carbonyl (C=O) groups excluding carboxylic acids is 2. The predicted octanol–water partition coefficient (Wildman–Crippen LogP) is 8.09. The van der Waals surface area contributed by atoms with Crippen molar-refractivity contribution in [3.05, 3.63) is 117 Å². The van der Waals surface area contributed by atoms with Gasteiger partial charge in [-0.2, -0.15) is 8.78 Å². The number of piperidine rings is 3. The highest BCUT2D eigenvalue weighted by Crippen LogP contribution is 2.38. The molecule has 1 saturated carbocycles. The van der Waals surface area contributed by atoms with E-state index in [1.54, 1.807) is 30.6 Å². The maximum absolute atomic E-state index is 14.3. The quantitative estimate of drug-likeness (QED) is 0.119. The molecule has 0 spiro atoms. The summed E-state index contributed by atoms with van der Waals surface area (Å²) in [7, 11) is 0. The fourth-order valence-electron chi connectivity index (χ4n) is 6.90. The number of H-pyrrole nitrogens is 1. The van der Waals surface area contributed by atoms with Crippen molar-refractivity contribution in [2.45, 2.75) is 57.0 Å². The molecule has 1 aromatic heterocycles. The lowest BCUT2D eigenvalue weighted by Gasteiger charge is -2.44. The van der Waals surface area contributed by atoms with Gasteiger partial charge in [0.05, 0.1) is 12.2 Å². The molecule has 0 radical (unpaired) electrons. The molecule has 4 aromatic rings. The van der Waals surface area contributed by atoms with Crippen molar-refractivity contribution in [2.24, 2.45) is 11.8 Å². The van der Waals surface area contributed by atoms with Crippen LogP contribution in [0.2, 0.25) is 10.0 Å². The highest BCUT2D eigenvalue weighted by Gasteiger charge is 2.38. The molecule has 3 saturated heterocycles. The normalized spacial score (nSPS) is 19.9. The Kier molecular flexibility index (Phi) is 13.1. The molecule has 15 heteroatoms. The van der Waals surface area contributed by atoms with Gasteiger partial charge in [0.15, 0.2) is 29.9 Å². The molecule has 4 heterocycles. The number of pyridine rings is 1. The van der Waals surface area contributed by atoms with Gasteiger partial charge in [0, 0.05) is 24.2 Å². The number of carbonyl (C=O) groups is 2. The van der Waals surface area contributed by atoms with E-state index in [0.717, 1.165) is 38.8 Å². The number of hydrogen-bond donors (Lipinski definition) is 1. The van der Waals surface area contributed by atoms with Crippen LogP contribution in [0, 0.1) is 17.7 Å². The van der Waals surface area contributed by atoms with E-state index in [-0.39, 0.29) is 35.1 Å². The second-order valence-electron chi connectivity index (χ2n) is 13.9. The van der Waals surface area contributed by atoms with Crippen molar-refractivity contribution < 1.29 is 52.2 Å². The molecule has 292 valence electrons. The van der Waals surface area contributed by atoms with Crippen LogP contribution in [0.1, 0.15) is 64.9 Å². The molecule has 1 unspecified atom stereocenters. The van der Waals surface area contributed by atoms with Crippen molar-refractivity contribution in [3.8, 4) is 11.5 Å². The van der Waals surface area contributed by atoms with Crippen molar-refractivity contribution in [3.63, 3.8) is 0 Å². The van der Waals surface area contributed by atoms with Gasteiger partial charge in [0.1, 0.15) is 28.1 Å². The number of ether oxygens (including phenoxy) is 4. The SMILES string of the molecule is O=C(O[C@@H](Cc1c(Cl)c[nH+]cc1Cl)c1ccc(OC(F)F)c(OCC2CC2)c1)c1ccc(NC(C(=O)O[C@H]2CN3CCC2CC3)c2cccc(F)c2)cc1.[OH-]. The summed E-state index contributed by atoms with van der Waals surface area (Å²) in [5.74, 6) is -1.13. The van der Waals surface area contributed by atoms with E-state index in [0.29, 0.717) is 57.4 Å². The number of benzene rings is 3. The zero-order chi connectivity index (χ0) is 37.8. The Morgan fingerprint density at radius 1 is 0.909 bits per heavy atom. The lowest BCUT2D eigenvalue weighted by Crippen LogP contribution is -2.52. The Hall–Kier alpha value is -4.56. The Morgan fingerprint density at radius 2 is 1.64 bits per heavy atom. The summed E-state index contributed by atoms with van der Waals surface area (Å²) in [6.45, 7) is -0.0797. The van der Waals surface area contributed by atoms with E-state index in [9.17, 15) is 22.8 Å². The van der Waals surface area contributed by atoms with E-state index in [1.165, 1.54) is 48.5 Å². The minimum absolute atomic E-state index is 0. The zero-order valence-electron chi connectivity index (χ0n) is 29.6. The molecular weight excluding hydrogens is 762 g/mol. The Labute approximate surface area is 326 Å². The summed E-state index contributed by atoms with van der Waals surface area (Å²) in [5.41, 5.74) is 2.00. The van der Waals surface area contributed by atoms with Crippen LogP contribution in [0.5, 0.6) is 11.5 Å². The fraction of sp³-hybridized carbons (Fsp3) is 0.375. The van der Waals surface area contributed by atoms with Crippen molar-refractivity contribution in [1.29, 1.82) is 0 Å². The van der Waals surface area contributed by atoms with Crippen LogP contribution in [-0.4, -0.2) is 61.3 Å². The molecule has 3 atom stereocenters. The van der Waals surface area contributed by atoms with Gasteiger partial charge in [-0.1, -0.05) is 41.4 Å². The monoisotopic (exact) mass is 801 g/mol. The smallest absolute Gasteiger partial charge is 0.387 e. The Bertz CT molecular complexity index is 1940. The third kappa shape index (κ3) is 10.2. The first kappa shape index (κ1) is 40.1. The van der Waals surface area contributed by atoms with Crippen molar-refractivity contribution in [1.82, 2.24) is 4.90 Å². The highest BCUT2D eigenvalue weighted by molar-refractivity contribution is 6.35. The topological polar surface area (TPSA) is 130 Å². The predicted molar refractivity (Wildman–Crippen MR) is 196 cm³/mol. The highest BCUT2D eigenvalue weighted by atomic mass is 35.5. The molecule has 8 rings (SSSR count). The van der Waals surface area contributed by atoms with Crippen LogP contribution in [0.3, 0.4) is 0 Å². The molecule has 3 aromatic carbocycles. The number of nitrogens with zero attached hydrogens (tertiary/aromatic N) is 1. The largest absolute Gasteiger partial charge is 0.870 e. The first-order valence-electron chi connectivity index (χ1n) is 17.9. The van der Waals surface area contributed by atoms with Gasteiger partial charge in [-0.15, -0.1) is 0 Å². The van der Waals surface area contributed by atoms with Gasteiger partial charge in [-0.3, -0.25) is 4.90 Å². The number of nitrogens with one attached hydrogen (secondary N) is 2. The van der Waals surface area contributed by atoms with Crippen LogP contribution in [0.15, 0.2) is 79.1 Å². The Balaban J connectivity index is 0.00000514. The van der Waals surface area contributed by atoms with Gasteiger partial charge in [-0.05, 0) is 110 Å². The number of fused-ring (bicyclic) bond motifs is 3. The van der Waals surface area contributed by atoms with Crippen LogP contribution < -0.4 is 19.8 Å². The average Bonchev–Trinajstić information content (AvgIpc) is 4.00. The van der Waals surface area contributed by atoms with E-state index in [1.807, 2.05) is 0 Å². The standard InChI is InChI=1S/C40H38Cl2F3N3O6.H2O/c41-31-19-46-20-32(42)30(31)18-34(26-8-11-33(54-40(44)45)35(17-26)51-22-23-4-5-23)52-38(49)25-6-9-29(10-7-25)47-37(27-2-1-3-28(43)16-27)39(50)53-36-21-48-14-12-24(36)13-15-48;/h1-3,6-11,16-17,19-20,23-24,34,36-37,40,47H,4-5,12-15,18,21-22H2;1H2/t34-,36-,37?;/m0./s1. The zero-order valence-corrected chi connectivity index (χ0v) is 31.1. The van der Waals surface area contributed by atoms with Crippen LogP contribution in [0.25, 0.3) is 0 Å². The number of esters is 2. The number of rotatable bonds is 15. The van der Waals surface area contributed by atoms with Gasteiger partial charge in [0.25, 0.3) is 0 Å². The molecular formula is C40H40Cl2F3N3O7. The molecule has 3 N–H and O–H groups in total. The van der Waals surface area contributed by atoms with Crippen molar-refractivity contribution in [2.75, 3.05) is 31.6 Å². The Morgan fingerprint density at radius 3 is 2.27 bits per heavy atom. The van der Waals surface area contributed by atoms with Crippen LogP contribution >= 0.6 is 23.2 Å². The lowest BCUT2D eigenvalue weighted by atomic mass is 9.86. The number of anilines is 1. The van der Waals surface area contributed by atoms with Crippen LogP contribution in [0.4, 0.5) is 18.9 Å². The first-order chi connectivity index (χ1) is 26.1. The summed E-state index contributed by atoms with van der Waals surface area (Å²) < 4.78 is 63.5. The minimum Gasteiger partial charge on any atom is -0.870 e. The molecule has 3 aliphatic heterocycles. The molecule has 0 amide bonds. The van der Waals surface area contributed by atoms with Crippen LogP contribution in [-0.2, 0) is 20.7 Å². The summed E-state index contributed by atoms with van der Waals surface area (Å²) in [5, 5.41) is 3.78. The van der Waals surface area contributed by atoms with Gasteiger partial charge >= 0.3 is 18.6 Å². The molecule has 4 fully saturated rings. The number of alkyl halides is 2. The van der Waals surface area contributed by atoms with Gasteiger partial charge in [-0.25, -0.2) is 19.0 Å². The molecule has 2 bridgehead atoms. The summed E-state index contributed by atoms with van der Waals surface area (Å²) in [6, 6.07) is 15.4. The summed E-state index contributed by atoms with van der Waals surface area (Å²) in [4.78, 5) is 32.5. The number of halogens is 5. The third-order valence-corrected chi connectivity index (χ3v) is 10.8. The van der Waals surface area contributed by atoms with E-state index in [2.05, 4.69) is 15.2 Å². The second kappa shape index (κ2) is 17.9. The fourth-order valence-corrected chi connectivity index (χ4v) is 7.43. The second-order valence-corrected chi connectivity index (χ2v) is 14.7. The maximum atomic E-state index is 14.3. The minimum atomic E-state index is -3.07. The summed E-state index contributed by atoms with van der Waals surface area (Å²) >= 11 is 13.0. The third-order valence-electron chi connectivity index (χ3n) is 10.1. The van der Waals surface area contributed by atoms with E-state index < -0.39 is 36.5 Å². The van der Waals surface area contributed by atoms with E-state index in [4.69, 9.17) is 42.1 Å². The number of hydrogen-bond acceptors (Lipinski definition) is 9. The number of aromatic nitrogens is 1. The van der Waals surface area contributed by atoms with E-state index >= 15 is 0 Å². The number of aromatic amines is 1. The van der Waals surface area contributed by atoms with Crippen molar-refractivity contribution >= 4 is 40.8 Å². The summed E-state index contributed by atoms with van der Waals surface area (Å²) in [6.07, 6.45) is 5.81. The van der Waals surface area contributed by atoms with Gasteiger partial charge in [0.2, 0.25) is 0 Å². The average molecular weight is 803 g/mol. The molecule has 1 aliphatic carbocycles. The van der Waals surface area contributed by atoms with Gasteiger partial charge < -0.3 is 29.7 Å². The molecule has 55 heavy (non-hydrogen) atoms. The maximum Gasteiger partial charge on any atom is 0.387 e. The first-order valence-corrected chi connectivity index (χ1v) is 18.7. The molecule has 4 aliphatic rings.